The summed E-state index contributed by atoms with van der Waals surface area (Å²) in [5, 5.41) is 23.2. The van der Waals surface area contributed by atoms with Crippen molar-refractivity contribution in [1.29, 1.82) is 0 Å². The number of nitrogens with one attached hydrogen (secondary N) is 2. The van der Waals surface area contributed by atoms with Gasteiger partial charge in [0.15, 0.2) is 6.61 Å². The van der Waals surface area contributed by atoms with Crippen LogP contribution in [0.25, 0.3) is 0 Å². The Kier molecular flexibility index (Phi) is 11.0. The van der Waals surface area contributed by atoms with E-state index >= 15 is 0 Å². The quantitative estimate of drug-likeness (QED) is 0.424. The molecule has 0 aliphatic heterocycles. The van der Waals surface area contributed by atoms with E-state index in [2.05, 4.69) is 34.3 Å². The van der Waals surface area contributed by atoms with Gasteiger partial charge in [0.05, 0.1) is 6.42 Å². The number of hydrogen-bond donors (Lipinski definition) is 4. The van der Waals surface area contributed by atoms with Crippen LogP contribution in [0.15, 0.2) is 42.5 Å². The molecule has 0 aliphatic carbocycles. The first-order valence-corrected chi connectivity index (χ1v) is 11.4. The Hall–Kier alpha value is -4.47. The first-order valence-electron chi connectivity index (χ1n) is 11.4. The number of rotatable bonds is 7. The van der Waals surface area contributed by atoms with Gasteiger partial charge in [0.25, 0.3) is 0 Å². The van der Waals surface area contributed by atoms with Crippen molar-refractivity contribution in [2.45, 2.75) is 45.9 Å². The van der Waals surface area contributed by atoms with Crippen molar-refractivity contribution in [2.75, 3.05) is 13.2 Å². The summed E-state index contributed by atoms with van der Waals surface area (Å²) in [7, 11) is 0. The third-order valence-electron chi connectivity index (χ3n) is 4.43. The lowest BCUT2D eigenvalue weighted by Gasteiger charge is -2.19. The second-order valence-corrected chi connectivity index (χ2v) is 8.86. The van der Waals surface area contributed by atoms with Gasteiger partial charge in [0, 0.05) is 24.2 Å². The highest BCUT2D eigenvalue weighted by Gasteiger charge is 2.15. The zero-order valence-corrected chi connectivity index (χ0v) is 21.0. The molecule has 9 heteroatoms. The van der Waals surface area contributed by atoms with Crippen molar-refractivity contribution in [3.63, 3.8) is 0 Å². The van der Waals surface area contributed by atoms with Gasteiger partial charge < -0.3 is 30.3 Å². The monoisotopic (exact) mass is 506 g/mol. The largest absolute Gasteiger partial charge is 0.481 e. The molecule has 37 heavy (non-hydrogen) atoms. The molecule has 0 aromatic heterocycles. The maximum Gasteiger partial charge on any atom is 0.408 e. The second-order valence-electron chi connectivity index (χ2n) is 8.86. The first kappa shape index (κ1) is 28.8. The molecule has 2 amide bonds. The van der Waals surface area contributed by atoms with Gasteiger partial charge in [-0.05, 0) is 55.7 Å². The van der Waals surface area contributed by atoms with Gasteiger partial charge >= 0.3 is 18.2 Å². The summed E-state index contributed by atoms with van der Waals surface area (Å²) in [6.07, 6.45) is -1.36. The number of carboxylic acid groups (broad SMARTS) is 1. The van der Waals surface area contributed by atoms with E-state index < -0.39 is 23.8 Å². The molecule has 0 saturated carbocycles. The molecule has 2 rings (SSSR count). The van der Waals surface area contributed by atoms with E-state index in [0.717, 1.165) is 11.1 Å². The van der Waals surface area contributed by atoms with Crippen LogP contribution in [0.5, 0.6) is 0 Å². The van der Waals surface area contributed by atoms with Crippen LogP contribution in [0.1, 0.15) is 48.6 Å². The zero-order chi connectivity index (χ0) is 27.3. The Morgan fingerprint density at radius 1 is 0.865 bits per heavy atom. The number of amides is 2. The van der Waals surface area contributed by atoms with Crippen molar-refractivity contribution < 1.29 is 34.1 Å². The van der Waals surface area contributed by atoms with Crippen molar-refractivity contribution in [3.8, 4) is 23.7 Å². The maximum atomic E-state index is 12.0. The molecule has 0 unspecified atom stereocenters. The lowest BCUT2D eigenvalue weighted by atomic mass is 10.0. The molecule has 2 aromatic rings. The number of carboxylic acids is 1. The zero-order valence-electron chi connectivity index (χ0n) is 21.0. The number of alkyl carbamates (subject to hydrolysis) is 2. The van der Waals surface area contributed by atoms with Crippen molar-refractivity contribution in [1.82, 2.24) is 10.6 Å². The smallest absolute Gasteiger partial charge is 0.408 e. The number of benzene rings is 2. The maximum absolute atomic E-state index is 12.0. The molecule has 0 heterocycles. The summed E-state index contributed by atoms with van der Waals surface area (Å²) < 4.78 is 10.3. The average Bonchev–Trinajstić information content (AvgIpc) is 2.81. The minimum Gasteiger partial charge on any atom is -0.481 e. The van der Waals surface area contributed by atoms with E-state index in [0.29, 0.717) is 16.7 Å². The van der Waals surface area contributed by atoms with Crippen molar-refractivity contribution in [3.05, 3.63) is 70.3 Å². The normalized spacial score (nSPS) is 10.2. The number of hydrogen-bond acceptors (Lipinski definition) is 6. The lowest BCUT2D eigenvalue weighted by molar-refractivity contribution is -0.136. The Morgan fingerprint density at radius 3 is 2.03 bits per heavy atom. The summed E-state index contributed by atoms with van der Waals surface area (Å²) in [4.78, 5) is 34.9. The standard InChI is InChI=1S/C28H30N2O7/c1-28(2,3)37-27(35)30-19-23-8-4-7-22(16-23)18-29-26(34)36-12-6-10-21-13-20(9-5-11-31)14-24(15-21)17-25(32)33/h4,7-8,13-16,31H,11-12,17-19H2,1-3H3,(H,29,34)(H,30,35)(H,32,33). The van der Waals surface area contributed by atoms with E-state index in [4.69, 9.17) is 19.7 Å². The van der Waals surface area contributed by atoms with Gasteiger partial charge in [-0.1, -0.05) is 47.9 Å². The predicted octanol–water partition coefficient (Wildman–Crippen LogP) is 2.96. The number of carbonyl (C=O) groups is 3. The molecule has 0 spiro atoms. The van der Waals surface area contributed by atoms with E-state index in [9.17, 15) is 14.4 Å². The molecular weight excluding hydrogens is 476 g/mol. The van der Waals surface area contributed by atoms with Crippen molar-refractivity contribution >= 4 is 18.2 Å². The van der Waals surface area contributed by atoms with Gasteiger partial charge in [0.1, 0.15) is 12.2 Å². The third-order valence-corrected chi connectivity index (χ3v) is 4.43. The highest BCUT2D eigenvalue weighted by molar-refractivity contribution is 5.71. The summed E-state index contributed by atoms with van der Waals surface area (Å²) in [6, 6.07) is 12.2. The molecule has 0 atom stereocenters. The van der Waals surface area contributed by atoms with Crippen LogP contribution < -0.4 is 10.6 Å². The summed E-state index contributed by atoms with van der Waals surface area (Å²) >= 11 is 0. The Labute approximate surface area is 216 Å². The fraction of sp³-hybridized carbons (Fsp3) is 0.321. The van der Waals surface area contributed by atoms with E-state index in [-0.39, 0.29) is 32.7 Å². The Bertz CT molecular complexity index is 1240. The molecule has 2 aromatic carbocycles. The summed E-state index contributed by atoms with van der Waals surface area (Å²) in [6.45, 7) is 5.37. The molecule has 0 aliphatic rings. The van der Waals surface area contributed by atoms with Crippen LogP contribution in [-0.2, 0) is 33.8 Å². The van der Waals surface area contributed by atoms with Crippen LogP contribution in [-0.4, -0.2) is 47.2 Å². The van der Waals surface area contributed by atoms with Gasteiger partial charge in [-0.15, -0.1) is 0 Å². The van der Waals surface area contributed by atoms with E-state index in [1.807, 2.05) is 24.3 Å². The average molecular weight is 507 g/mol. The predicted molar refractivity (Wildman–Crippen MR) is 136 cm³/mol. The molecule has 4 N–H and O–H groups in total. The highest BCUT2D eigenvalue weighted by atomic mass is 16.6. The fourth-order valence-electron chi connectivity index (χ4n) is 3.06. The Morgan fingerprint density at radius 2 is 1.46 bits per heavy atom. The summed E-state index contributed by atoms with van der Waals surface area (Å²) in [5.41, 5.74) is 2.64. The van der Waals surface area contributed by atoms with Gasteiger partial charge in [-0.2, -0.15) is 0 Å². The van der Waals surface area contributed by atoms with E-state index in [1.165, 1.54) is 0 Å². The van der Waals surface area contributed by atoms with E-state index in [1.54, 1.807) is 39.0 Å². The number of aliphatic hydroxyl groups is 1. The molecular formula is C28H30N2O7. The number of carbonyl (C=O) groups excluding carboxylic acids is 2. The van der Waals surface area contributed by atoms with Crippen LogP contribution in [0.2, 0.25) is 0 Å². The molecule has 0 fully saturated rings. The molecule has 194 valence electrons. The van der Waals surface area contributed by atoms with Crippen LogP contribution in [0, 0.1) is 23.7 Å². The molecule has 0 bridgehead atoms. The van der Waals surface area contributed by atoms with Crippen molar-refractivity contribution in [2.24, 2.45) is 0 Å². The topological polar surface area (TPSA) is 134 Å². The molecule has 0 radical (unpaired) electrons. The second kappa shape index (κ2) is 14.2. The number of aliphatic carboxylic acids is 1. The van der Waals surface area contributed by atoms with Gasteiger partial charge in [-0.25, -0.2) is 9.59 Å². The first-order chi connectivity index (χ1) is 17.5. The number of ether oxygens (including phenoxy) is 2. The minimum absolute atomic E-state index is 0.174. The van der Waals surface area contributed by atoms with Crippen LogP contribution in [0.4, 0.5) is 9.59 Å². The van der Waals surface area contributed by atoms with Crippen LogP contribution >= 0.6 is 0 Å². The van der Waals surface area contributed by atoms with Crippen LogP contribution in [0.3, 0.4) is 0 Å². The molecule has 0 saturated heterocycles. The Balaban J connectivity index is 1.86. The lowest BCUT2D eigenvalue weighted by Crippen LogP contribution is -2.32. The van der Waals surface area contributed by atoms with Gasteiger partial charge in [-0.3, -0.25) is 4.79 Å². The SMILES string of the molecule is CC(C)(C)OC(=O)NCc1cccc(CNC(=O)OCC#Cc2cc(C#CCO)cc(CC(=O)O)c2)c1. The number of aliphatic hydroxyl groups excluding tert-OH is 1. The molecule has 9 nitrogen and oxygen atoms in total. The minimum atomic E-state index is -0.990. The summed E-state index contributed by atoms with van der Waals surface area (Å²) in [5.74, 6) is 9.80. The highest BCUT2D eigenvalue weighted by Crippen LogP contribution is 2.11. The fourth-order valence-corrected chi connectivity index (χ4v) is 3.06. The third kappa shape index (κ3) is 12.2. The van der Waals surface area contributed by atoms with Gasteiger partial charge in [0.2, 0.25) is 0 Å².